The van der Waals surface area contributed by atoms with Crippen LogP contribution in [-0.2, 0) is 0 Å². The van der Waals surface area contributed by atoms with Crippen molar-refractivity contribution in [3.63, 3.8) is 0 Å². The molecule has 0 atom stereocenters. The van der Waals surface area contributed by atoms with Gasteiger partial charge in [0.1, 0.15) is 5.82 Å². The summed E-state index contributed by atoms with van der Waals surface area (Å²) in [6, 6.07) is 10.0. The molecule has 3 nitrogen and oxygen atoms in total. The molecule has 104 valence electrons. The molecule has 3 N–H and O–H groups in total. The van der Waals surface area contributed by atoms with Gasteiger partial charge in [-0.05, 0) is 49.2 Å². The van der Waals surface area contributed by atoms with Gasteiger partial charge in [0.25, 0.3) is 0 Å². The third kappa shape index (κ3) is 3.15. The number of halogens is 1. The van der Waals surface area contributed by atoms with Crippen molar-refractivity contribution >= 4 is 17.2 Å². The van der Waals surface area contributed by atoms with Gasteiger partial charge >= 0.3 is 0 Å². The van der Waals surface area contributed by atoms with Gasteiger partial charge in [-0.1, -0.05) is 12.1 Å². The molecule has 0 aliphatic carbocycles. The van der Waals surface area contributed by atoms with Crippen molar-refractivity contribution < 1.29 is 9.18 Å². The van der Waals surface area contributed by atoms with E-state index in [9.17, 15) is 9.18 Å². The summed E-state index contributed by atoms with van der Waals surface area (Å²) in [5.74, 6) is -0.637. The molecule has 0 fully saturated rings. The van der Waals surface area contributed by atoms with Crippen LogP contribution in [0.3, 0.4) is 0 Å². The zero-order chi connectivity index (χ0) is 14.7. The minimum absolute atomic E-state index is 0.0115. The molecule has 0 saturated heterocycles. The fourth-order valence-electron chi connectivity index (χ4n) is 1.92. The number of rotatable bonds is 4. The average Bonchev–Trinajstić information content (AvgIpc) is 2.42. The van der Waals surface area contributed by atoms with Crippen LogP contribution in [0.1, 0.15) is 21.5 Å². The summed E-state index contributed by atoms with van der Waals surface area (Å²) < 4.78 is 13.1. The molecule has 0 heterocycles. The van der Waals surface area contributed by atoms with Crippen molar-refractivity contribution in [2.24, 2.45) is 0 Å². The highest BCUT2D eigenvalue weighted by Gasteiger charge is 2.09. The number of carbonyl (C=O) groups is 1. The van der Waals surface area contributed by atoms with E-state index in [1.54, 1.807) is 0 Å². The number of nitrogen functional groups attached to an aromatic ring is 1. The Morgan fingerprint density at radius 1 is 1.20 bits per heavy atom. The van der Waals surface area contributed by atoms with Gasteiger partial charge in [-0.2, -0.15) is 0 Å². The summed E-state index contributed by atoms with van der Waals surface area (Å²) >= 11 is 0. The quantitative estimate of drug-likeness (QED) is 0.663. The van der Waals surface area contributed by atoms with Crippen LogP contribution >= 0.6 is 0 Å². The zero-order valence-corrected chi connectivity index (χ0v) is 11.5. The van der Waals surface area contributed by atoms with Crippen LogP contribution in [0.25, 0.3) is 0 Å². The van der Waals surface area contributed by atoms with E-state index in [-0.39, 0.29) is 18.0 Å². The largest absolute Gasteiger partial charge is 0.396 e. The lowest BCUT2D eigenvalue weighted by Crippen LogP contribution is -2.15. The summed E-state index contributed by atoms with van der Waals surface area (Å²) in [7, 11) is 0. The van der Waals surface area contributed by atoms with E-state index in [0.29, 0.717) is 5.56 Å². The van der Waals surface area contributed by atoms with Gasteiger partial charge in [-0.15, -0.1) is 0 Å². The first kappa shape index (κ1) is 14.1. The van der Waals surface area contributed by atoms with E-state index in [1.165, 1.54) is 18.2 Å². The Labute approximate surface area is 117 Å². The van der Waals surface area contributed by atoms with Crippen LogP contribution < -0.4 is 11.1 Å². The number of nitrogens with one attached hydrogen (secondary N) is 1. The maximum Gasteiger partial charge on any atom is 0.181 e. The van der Waals surface area contributed by atoms with Gasteiger partial charge < -0.3 is 11.1 Å². The average molecular weight is 272 g/mol. The van der Waals surface area contributed by atoms with Gasteiger partial charge in [0.2, 0.25) is 0 Å². The molecular formula is C16H17FN2O. The van der Waals surface area contributed by atoms with Crippen molar-refractivity contribution in [1.29, 1.82) is 0 Å². The normalized spacial score (nSPS) is 10.3. The summed E-state index contributed by atoms with van der Waals surface area (Å²) in [5.41, 5.74) is 8.97. The Bertz CT molecular complexity index is 653. The SMILES string of the molecule is Cc1ccc(C)c(NCC(=O)c2ccc(F)c(N)c2)c1. The van der Waals surface area contributed by atoms with Gasteiger partial charge in [0, 0.05) is 11.3 Å². The van der Waals surface area contributed by atoms with Crippen LogP contribution in [0.15, 0.2) is 36.4 Å². The van der Waals surface area contributed by atoms with E-state index in [4.69, 9.17) is 5.73 Å². The molecule has 0 aliphatic rings. The monoisotopic (exact) mass is 272 g/mol. The lowest BCUT2D eigenvalue weighted by Gasteiger charge is -2.10. The second-order valence-electron chi connectivity index (χ2n) is 4.83. The van der Waals surface area contributed by atoms with Crippen molar-refractivity contribution in [2.75, 3.05) is 17.6 Å². The van der Waals surface area contributed by atoms with E-state index in [0.717, 1.165) is 16.8 Å². The number of benzene rings is 2. The second-order valence-corrected chi connectivity index (χ2v) is 4.83. The Kier molecular flexibility index (Phi) is 4.03. The van der Waals surface area contributed by atoms with Gasteiger partial charge in [0.15, 0.2) is 5.78 Å². The molecule has 0 amide bonds. The van der Waals surface area contributed by atoms with Crippen molar-refractivity contribution in [3.05, 3.63) is 58.9 Å². The highest BCUT2D eigenvalue weighted by atomic mass is 19.1. The number of hydrogen-bond donors (Lipinski definition) is 2. The lowest BCUT2D eigenvalue weighted by molar-refractivity contribution is 0.101. The number of anilines is 2. The van der Waals surface area contributed by atoms with Crippen LogP contribution in [0.4, 0.5) is 15.8 Å². The van der Waals surface area contributed by atoms with Gasteiger partial charge in [-0.3, -0.25) is 4.79 Å². The van der Waals surface area contributed by atoms with E-state index >= 15 is 0 Å². The summed E-state index contributed by atoms with van der Waals surface area (Å²) in [5, 5.41) is 3.10. The van der Waals surface area contributed by atoms with Crippen LogP contribution in [0, 0.1) is 19.7 Å². The van der Waals surface area contributed by atoms with Crippen molar-refractivity contribution in [1.82, 2.24) is 0 Å². The maximum absolute atomic E-state index is 13.1. The molecule has 2 rings (SSSR count). The molecule has 2 aromatic rings. The first-order valence-corrected chi connectivity index (χ1v) is 6.36. The summed E-state index contributed by atoms with van der Waals surface area (Å²) in [6.45, 7) is 4.12. The third-order valence-electron chi connectivity index (χ3n) is 3.15. The van der Waals surface area contributed by atoms with Gasteiger partial charge in [0.05, 0.1) is 12.2 Å². The molecule has 2 aromatic carbocycles. The molecule has 0 bridgehead atoms. The molecule has 0 unspecified atom stereocenters. The highest BCUT2D eigenvalue weighted by molar-refractivity contribution is 5.99. The summed E-state index contributed by atoms with van der Waals surface area (Å²) in [4.78, 5) is 12.0. The Hall–Kier alpha value is -2.36. The molecule has 0 spiro atoms. The molecular weight excluding hydrogens is 255 g/mol. The Morgan fingerprint density at radius 3 is 2.65 bits per heavy atom. The standard InChI is InChI=1S/C16H17FN2O/c1-10-3-4-11(2)15(7-10)19-9-16(20)12-5-6-13(17)14(18)8-12/h3-8,19H,9,18H2,1-2H3. The topological polar surface area (TPSA) is 55.1 Å². The van der Waals surface area contributed by atoms with Gasteiger partial charge in [-0.25, -0.2) is 4.39 Å². The molecule has 0 saturated carbocycles. The highest BCUT2D eigenvalue weighted by Crippen LogP contribution is 2.17. The van der Waals surface area contributed by atoms with Crippen LogP contribution in [0.2, 0.25) is 0 Å². The number of aryl methyl sites for hydroxylation is 2. The maximum atomic E-state index is 13.1. The number of nitrogens with two attached hydrogens (primary N) is 1. The fourth-order valence-corrected chi connectivity index (χ4v) is 1.92. The van der Waals surface area contributed by atoms with E-state index in [2.05, 4.69) is 5.32 Å². The minimum Gasteiger partial charge on any atom is -0.396 e. The Balaban J connectivity index is 2.08. The third-order valence-corrected chi connectivity index (χ3v) is 3.15. The first-order chi connectivity index (χ1) is 9.47. The van der Waals surface area contributed by atoms with Crippen LogP contribution in [-0.4, -0.2) is 12.3 Å². The van der Waals surface area contributed by atoms with E-state index in [1.807, 2.05) is 32.0 Å². The molecule has 4 heteroatoms. The minimum atomic E-state index is -0.510. The predicted molar refractivity (Wildman–Crippen MR) is 79.5 cm³/mol. The lowest BCUT2D eigenvalue weighted by atomic mass is 10.1. The molecule has 0 radical (unpaired) electrons. The second kappa shape index (κ2) is 5.74. The summed E-state index contributed by atoms with van der Waals surface area (Å²) in [6.07, 6.45) is 0. The number of carbonyl (C=O) groups excluding carboxylic acids is 1. The number of Topliss-reactive ketones (excluding diaryl/α,β-unsaturated/α-hetero) is 1. The van der Waals surface area contributed by atoms with E-state index < -0.39 is 5.82 Å². The fraction of sp³-hybridized carbons (Fsp3) is 0.188. The zero-order valence-electron chi connectivity index (χ0n) is 11.5. The molecule has 20 heavy (non-hydrogen) atoms. The van der Waals surface area contributed by atoms with Crippen molar-refractivity contribution in [3.8, 4) is 0 Å². The van der Waals surface area contributed by atoms with Crippen molar-refractivity contribution in [2.45, 2.75) is 13.8 Å². The number of ketones is 1. The predicted octanol–water partition coefficient (Wildman–Crippen LogP) is 3.32. The molecule has 0 aliphatic heterocycles. The number of hydrogen-bond acceptors (Lipinski definition) is 3. The Morgan fingerprint density at radius 2 is 1.95 bits per heavy atom. The first-order valence-electron chi connectivity index (χ1n) is 6.36. The molecule has 0 aromatic heterocycles. The van der Waals surface area contributed by atoms with Crippen LogP contribution in [0.5, 0.6) is 0 Å². The smallest absolute Gasteiger partial charge is 0.181 e.